The lowest BCUT2D eigenvalue weighted by Gasteiger charge is -2.24. The summed E-state index contributed by atoms with van der Waals surface area (Å²) >= 11 is 0. The van der Waals surface area contributed by atoms with Gasteiger partial charge in [-0.05, 0) is 39.8 Å². The number of nitrogens with one attached hydrogen (secondary N) is 2. The molecule has 1 aromatic heterocycles. The molecular formula is C21H34FN7O3. The number of carbonyl (C=O) groups is 2. The summed E-state index contributed by atoms with van der Waals surface area (Å²) in [6, 6.07) is 0.316. The number of hydroxylamine groups is 2. The maximum absolute atomic E-state index is 15.2. The predicted octanol–water partition coefficient (Wildman–Crippen LogP) is 1.55. The summed E-state index contributed by atoms with van der Waals surface area (Å²) in [6.45, 7) is 2.90. The number of carbonyl (C=O) groups excluding carboxylic acids is 2. The number of hydrazine groups is 1. The van der Waals surface area contributed by atoms with Crippen LogP contribution in [0.15, 0.2) is 0 Å². The summed E-state index contributed by atoms with van der Waals surface area (Å²) in [7, 11) is 4.00. The highest BCUT2D eigenvalue weighted by atomic mass is 19.1. The van der Waals surface area contributed by atoms with Gasteiger partial charge in [0, 0.05) is 19.1 Å². The fourth-order valence-corrected chi connectivity index (χ4v) is 4.60. The summed E-state index contributed by atoms with van der Waals surface area (Å²) in [5.74, 6) is -0.811. The highest BCUT2D eigenvalue weighted by Crippen LogP contribution is 2.31. The minimum absolute atomic E-state index is 0.106. The van der Waals surface area contributed by atoms with Gasteiger partial charge in [-0.2, -0.15) is 4.39 Å². The van der Waals surface area contributed by atoms with Gasteiger partial charge in [0.05, 0.1) is 12.5 Å². The molecular weight excluding hydrogens is 417 g/mol. The first-order valence-corrected chi connectivity index (χ1v) is 11.2. The Morgan fingerprint density at radius 2 is 2.03 bits per heavy atom. The van der Waals surface area contributed by atoms with Crippen molar-refractivity contribution in [2.45, 2.75) is 51.5 Å². The molecule has 1 saturated carbocycles. The van der Waals surface area contributed by atoms with E-state index < -0.39 is 17.6 Å². The molecule has 0 aromatic carbocycles. The second kappa shape index (κ2) is 10.9. The van der Waals surface area contributed by atoms with Crippen LogP contribution in [0.2, 0.25) is 0 Å². The van der Waals surface area contributed by atoms with Gasteiger partial charge in [0.1, 0.15) is 5.82 Å². The molecule has 1 aromatic rings. The second-order valence-corrected chi connectivity index (χ2v) is 9.03. The molecule has 2 amide bonds. The molecule has 3 N–H and O–H groups in total. The van der Waals surface area contributed by atoms with Crippen LogP contribution in [-0.4, -0.2) is 77.2 Å². The Morgan fingerprint density at radius 1 is 1.31 bits per heavy atom. The first-order chi connectivity index (χ1) is 15.3. The van der Waals surface area contributed by atoms with Crippen molar-refractivity contribution in [3.8, 4) is 0 Å². The third kappa shape index (κ3) is 6.04. The molecule has 3 rings (SSSR count). The lowest BCUT2D eigenvalue weighted by molar-refractivity contribution is -0.154. The van der Waals surface area contributed by atoms with E-state index in [1.54, 1.807) is 6.92 Å². The lowest BCUT2D eigenvalue weighted by atomic mass is 9.92. The summed E-state index contributed by atoms with van der Waals surface area (Å²) < 4.78 is 15.2. The summed E-state index contributed by atoms with van der Waals surface area (Å²) in [5, 5.41) is 10.1. The monoisotopic (exact) mass is 451 g/mol. The third-order valence-corrected chi connectivity index (χ3v) is 6.44. The van der Waals surface area contributed by atoms with E-state index in [4.69, 9.17) is 0 Å². The maximum atomic E-state index is 15.2. The van der Waals surface area contributed by atoms with E-state index in [1.165, 1.54) is 0 Å². The smallest absolute Gasteiger partial charge is 0.243 e. The molecule has 0 radical (unpaired) electrons. The summed E-state index contributed by atoms with van der Waals surface area (Å²) in [6.07, 6.45) is 6.02. The molecule has 178 valence electrons. The minimum atomic E-state index is -0.626. The summed E-state index contributed by atoms with van der Waals surface area (Å²) in [5.41, 5.74) is 5.11. The highest BCUT2D eigenvalue weighted by molar-refractivity contribution is 5.80. The van der Waals surface area contributed by atoms with Crippen molar-refractivity contribution in [3.63, 3.8) is 0 Å². The second-order valence-electron chi connectivity index (χ2n) is 9.03. The molecule has 2 aliphatic rings. The first kappa shape index (κ1) is 24.1. The average Bonchev–Trinajstić information content (AvgIpc) is 3.45. The number of halogens is 1. The van der Waals surface area contributed by atoms with E-state index in [-0.39, 0.29) is 24.6 Å². The topological polar surface area (TPSA) is 114 Å². The van der Waals surface area contributed by atoms with Crippen LogP contribution in [-0.2, 0) is 9.59 Å². The van der Waals surface area contributed by atoms with Gasteiger partial charge in [0.15, 0.2) is 11.6 Å². The van der Waals surface area contributed by atoms with E-state index >= 15 is 4.39 Å². The Labute approximate surface area is 188 Å². The molecule has 2 fully saturated rings. The van der Waals surface area contributed by atoms with Gasteiger partial charge >= 0.3 is 0 Å². The van der Waals surface area contributed by atoms with Crippen LogP contribution < -0.4 is 15.8 Å². The minimum Gasteiger partial charge on any atom is -0.352 e. The normalized spacial score (nSPS) is 19.9. The zero-order chi connectivity index (χ0) is 23.3. The molecule has 0 spiro atoms. The number of rotatable bonds is 10. The van der Waals surface area contributed by atoms with E-state index in [2.05, 4.69) is 25.7 Å². The Hall–Kier alpha value is -2.53. The molecule has 1 aliphatic carbocycles. The van der Waals surface area contributed by atoms with Crippen molar-refractivity contribution in [2.75, 3.05) is 44.1 Å². The van der Waals surface area contributed by atoms with Crippen LogP contribution in [0, 0.1) is 24.6 Å². The van der Waals surface area contributed by atoms with Gasteiger partial charge in [-0.15, -0.1) is 0 Å². The standard InChI is InChI=1S/C21H34FN7O3/c1-14-23-19(18(22)20(24-14)28-9-8-17(12-28)27(2)3)25-26-21(31)16(11-29(32)13-30)10-15-6-4-5-7-15/h13,15-17,32H,4-12H2,1-3H3,(H,26,31)(H,23,24,25)/t16?,17-/m1/s1. The van der Waals surface area contributed by atoms with E-state index in [0.29, 0.717) is 42.4 Å². The Kier molecular flexibility index (Phi) is 8.19. The molecule has 1 unspecified atom stereocenters. The molecule has 2 heterocycles. The number of amides is 2. The van der Waals surface area contributed by atoms with Crippen molar-refractivity contribution in [1.82, 2.24) is 25.4 Å². The number of hydrogen-bond donors (Lipinski definition) is 3. The van der Waals surface area contributed by atoms with E-state index in [0.717, 1.165) is 32.1 Å². The number of hydrogen-bond acceptors (Lipinski definition) is 8. The quantitative estimate of drug-likeness (QED) is 0.279. The Balaban J connectivity index is 1.68. The molecule has 1 saturated heterocycles. The summed E-state index contributed by atoms with van der Waals surface area (Å²) in [4.78, 5) is 36.0. The molecule has 11 heteroatoms. The van der Waals surface area contributed by atoms with Gasteiger partial charge in [-0.3, -0.25) is 25.6 Å². The van der Waals surface area contributed by atoms with Crippen molar-refractivity contribution in [1.29, 1.82) is 0 Å². The average molecular weight is 452 g/mol. The van der Waals surface area contributed by atoms with Crippen molar-refractivity contribution < 1.29 is 19.2 Å². The van der Waals surface area contributed by atoms with E-state index in [9.17, 15) is 14.8 Å². The van der Waals surface area contributed by atoms with Crippen molar-refractivity contribution in [2.24, 2.45) is 11.8 Å². The molecule has 32 heavy (non-hydrogen) atoms. The maximum Gasteiger partial charge on any atom is 0.243 e. The third-order valence-electron chi connectivity index (χ3n) is 6.44. The molecule has 1 aliphatic heterocycles. The first-order valence-electron chi connectivity index (χ1n) is 11.2. The van der Waals surface area contributed by atoms with Crippen molar-refractivity contribution >= 4 is 24.0 Å². The van der Waals surface area contributed by atoms with Crippen LogP contribution >= 0.6 is 0 Å². The van der Waals surface area contributed by atoms with Crippen LogP contribution in [0.3, 0.4) is 0 Å². The Bertz CT molecular complexity index is 804. The zero-order valence-electron chi connectivity index (χ0n) is 19.1. The van der Waals surface area contributed by atoms with Crippen LogP contribution in [0.25, 0.3) is 0 Å². The van der Waals surface area contributed by atoms with Crippen LogP contribution in [0.1, 0.15) is 44.3 Å². The fourth-order valence-electron chi connectivity index (χ4n) is 4.60. The van der Waals surface area contributed by atoms with Gasteiger partial charge < -0.3 is 9.80 Å². The zero-order valence-corrected chi connectivity index (χ0v) is 19.1. The van der Waals surface area contributed by atoms with Gasteiger partial charge in [-0.25, -0.2) is 15.0 Å². The SMILES string of the molecule is Cc1nc(NNC(=O)C(CC2CCCC2)CN(O)C=O)c(F)c(N2CC[C@@H](N(C)C)C2)n1. The highest BCUT2D eigenvalue weighted by Gasteiger charge is 2.30. The number of anilines is 2. The lowest BCUT2D eigenvalue weighted by Crippen LogP contribution is -2.41. The van der Waals surface area contributed by atoms with Gasteiger partial charge in [-0.1, -0.05) is 25.7 Å². The number of likely N-dealkylation sites (N-methyl/N-ethyl adjacent to an activating group) is 1. The number of aromatic nitrogens is 2. The van der Waals surface area contributed by atoms with Crippen molar-refractivity contribution in [3.05, 3.63) is 11.6 Å². The van der Waals surface area contributed by atoms with Crippen LogP contribution in [0.4, 0.5) is 16.0 Å². The number of nitrogens with zero attached hydrogens (tertiary/aromatic N) is 5. The predicted molar refractivity (Wildman–Crippen MR) is 117 cm³/mol. The molecule has 10 nitrogen and oxygen atoms in total. The fraction of sp³-hybridized carbons (Fsp3) is 0.714. The number of aryl methyl sites for hydroxylation is 1. The van der Waals surface area contributed by atoms with Gasteiger partial charge in [0.2, 0.25) is 18.1 Å². The van der Waals surface area contributed by atoms with E-state index in [1.807, 2.05) is 19.0 Å². The molecule has 0 bridgehead atoms. The van der Waals surface area contributed by atoms with Crippen LogP contribution in [0.5, 0.6) is 0 Å². The van der Waals surface area contributed by atoms with Gasteiger partial charge in [0.25, 0.3) is 0 Å². The Morgan fingerprint density at radius 3 is 2.66 bits per heavy atom. The molecule has 2 atom stereocenters. The largest absolute Gasteiger partial charge is 0.352 e.